The number of hydrogen-bond acceptors (Lipinski definition) is 3. The molecule has 1 saturated carbocycles. The summed E-state index contributed by atoms with van der Waals surface area (Å²) < 4.78 is 1.72. The molecule has 0 saturated heterocycles. The Morgan fingerprint density at radius 1 is 1.00 bits per heavy atom. The number of carbonyl (C=O) groups excluding carboxylic acids is 2. The van der Waals surface area contributed by atoms with Gasteiger partial charge in [0.25, 0.3) is 11.8 Å². The minimum atomic E-state index is -0.221. The molecule has 0 radical (unpaired) electrons. The number of para-hydroxylation sites is 1. The number of fused-ring (bicyclic) bond motifs is 1. The number of amides is 2. The van der Waals surface area contributed by atoms with Gasteiger partial charge < -0.3 is 10.2 Å². The summed E-state index contributed by atoms with van der Waals surface area (Å²) in [6.07, 6.45) is 2.30. The lowest BCUT2D eigenvalue weighted by atomic mass is 9.95. The molecule has 3 aromatic carbocycles. The van der Waals surface area contributed by atoms with Gasteiger partial charge in [0.1, 0.15) is 0 Å². The molecule has 4 aromatic rings. The summed E-state index contributed by atoms with van der Waals surface area (Å²) in [5.41, 5.74) is 4.99. The van der Waals surface area contributed by atoms with E-state index in [0.717, 1.165) is 46.0 Å². The molecule has 178 valence electrons. The monoisotopic (exact) mass is 466 g/mol. The zero-order valence-corrected chi connectivity index (χ0v) is 20.2. The fourth-order valence-corrected chi connectivity index (χ4v) is 4.63. The lowest BCUT2D eigenvalue weighted by Gasteiger charge is -2.25. The third kappa shape index (κ3) is 4.83. The molecule has 1 N–H and O–H groups in total. The second-order valence-electron chi connectivity index (χ2n) is 9.30. The molecule has 1 heterocycles. The van der Waals surface area contributed by atoms with Gasteiger partial charge in [0, 0.05) is 32.1 Å². The minimum Gasteiger partial charge on any atom is -0.349 e. The second-order valence-corrected chi connectivity index (χ2v) is 9.30. The lowest BCUT2D eigenvalue weighted by Crippen LogP contribution is -2.40. The first-order valence-corrected chi connectivity index (χ1v) is 12.2. The maximum absolute atomic E-state index is 13.8. The molecule has 2 amide bonds. The van der Waals surface area contributed by atoms with E-state index in [1.54, 1.807) is 4.68 Å². The topological polar surface area (TPSA) is 67.2 Å². The van der Waals surface area contributed by atoms with Crippen LogP contribution in [0.25, 0.3) is 22.0 Å². The molecular weight excluding hydrogens is 436 g/mol. The van der Waals surface area contributed by atoms with Gasteiger partial charge in [0.05, 0.1) is 11.1 Å². The Morgan fingerprint density at radius 2 is 1.74 bits per heavy atom. The van der Waals surface area contributed by atoms with Gasteiger partial charge in [-0.1, -0.05) is 66.7 Å². The number of rotatable bonds is 8. The standard InChI is InChI=1S/C29H30N4O2/c1-20-9-8-13-23(22-10-4-3-5-11-22)26(20)29(35)33(19-21-15-16-21)18-17-30-28(34)27-24-12-6-7-14-25(24)32(2)31-27/h3-14,21H,15-19H2,1-2H3,(H,30,34). The van der Waals surface area contributed by atoms with Crippen LogP contribution in [0.2, 0.25) is 0 Å². The highest BCUT2D eigenvalue weighted by atomic mass is 16.2. The largest absolute Gasteiger partial charge is 0.349 e. The molecule has 6 nitrogen and oxygen atoms in total. The third-order valence-electron chi connectivity index (χ3n) is 6.67. The average Bonchev–Trinajstić information content (AvgIpc) is 3.64. The third-order valence-corrected chi connectivity index (χ3v) is 6.67. The Morgan fingerprint density at radius 3 is 2.51 bits per heavy atom. The predicted molar refractivity (Wildman–Crippen MR) is 138 cm³/mol. The van der Waals surface area contributed by atoms with Gasteiger partial charge in [0.15, 0.2) is 5.69 Å². The van der Waals surface area contributed by atoms with Crippen LogP contribution in [-0.2, 0) is 7.05 Å². The van der Waals surface area contributed by atoms with Crippen LogP contribution in [0, 0.1) is 12.8 Å². The van der Waals surface area contributed by atoms with Crippen molar-refractivity contribution in [3.63, 3.8) is 0 Å². The van der Waals surface area contributed by atoms with Crippen LogP contribution in [0.3, 0.4) is 0 Å². The van der Waals surface area contributed by atoms with Crippen molar-refractivity contribution in [2.24, 2.45) is 13.0 Å². The van der Waals surface area contributed by atoms with Crippen molar-refractivity contribution in [3.8, 4) is 11.1 Å². The molecule has 5 rings (SSSR count). The van der Waals surface area contributed by atoms with Crippen molar-refractivity contribution in [2.75, 3.05) is 19.6 Å². The normalized spacial score (nSPS) is 13.1. The van der Waals surface area contributed by atoms with Crippen molar-refractivity contribution in [2.45, 2.75) is 19.8 Å². The maximum atomic E-state index is 13.8. The first kappa shape index (κ1) is 22.8. The van der Waals surface area contributed by atoms with Crippen molar-refractivity contribution in [3.05, 3.63) is 89.6 Å². The molecule has 0 aliphatic heterocycles. The first-order chi connectivity index (χ1) is 17.0. The average molecular weight is 467 g/mol. The molecule has 0 spiro atoms. The van der Waals surface area contributed by atoms with Crippen LogP contribution in [0.4, 0.5) is 0 Å². The molecular formula is C29H30N4O2. The second kappa shape index (κ2) is 9.74. The fourth-order valence-electron chi connectivity index (χ4n) is 4.63. The zero-order valence-electron chi connectivity index (χ0n) is 20.2. The highest BCUT2D eigenvalue weighted by Gasteiger charge is 2.29. The van der Waals surface area contributed by atoms with Crippen molar-refractivity contribution in [1.29, 1.82) is 0 Å². The van der Waals surface area contributed by atoms with E-state index in [-0.39, 0.29) is 11.8 Å². The summed E-state index contributed by atoms with van der Waals surface area (Å²) in [7, 11) is 1.83. The van der Waals surface area contributed by atoms with E-state index < -0.39 is 0 Å². The van der Waals surface area contributed by atoms with Gasteiger partial charge in [0.2, 0.25) is 0 Å². The van der Waals surface area contributed by atoms with Crippen LogP contribution in [-0.4, -0.2) is 46.1 Å². The number of nitrogens with zero attached hydrogens (tertiary/aromatic N) is 3. The summed E-state index contributed by atoms with van der Waals surface area (Å²) in [4.78, 5) is 28.7. The van der Waals surface area contributed by atoms with Gasteiger partial charge in [-0.15, -0.1) is 0 Å². The van der Waals surface area contributed by atoms with Crippen molar-refractivity contribution >= 4 is 22.7 Å². The summed E-state index contributed by atoms with van der Waals surface area (Å²) in [6, 6.07) is 23.7. The number of aryl methyl sites for hydroxylation is 2. The van der Waals surface area contributed by atoms with Gasteiger partial charge >= 0.3 is 0 Å². The van der Waals surface area contributed by atoms with E-state index in [1.165, 1.54) is 0 Å². The number of carbonyl (C=O) groups is 2. The van der Waals surface area contributed by atoms with Crippen molar-refractivity contribution < 1.29 is 9.59 Å². The molecule has 1 aliphatic carbocycles. The van der Waals surface area contributed by atoms with E-state index in [0.29, 0.717) is 31.2 Å². The Bertz CT molecular complexity index is 1370. The molecule has 0 bridgehead atoms. The summed E-state index contributed by atoms with van der Waals surface area (Å²) >= 11 is 0. The zero-order chi connectivity index (χ0) is 24.4. The van der Waals surface area contributed by atoms with Gasteiger partial charge in [-0.25, -0.2) is 0 Å². The Labute approximate surface area is 205 Å². The molecule has 0 atom stereocenters. The predicted octanol–water partition coefficient (Wildman–Crippen LogP) is 4.83. The van der Waals surface area contributed by atoms with E-state index in [2.05, 4.69) is 10.4 Å². The van der Waals surface area contributed by atoms with Crippen LogP contribution < -0.4 is 5.32 Å². The molecule has 0 unspecified atom stereocenters. The van der Waals surface area contributed by atoms with Crippen LogP contribution in [0.15, 0.2) is 72.8 Å². The van der Waals surface area contributed by atoms with Gasteiger partial charge in [-0.05, 0) is 48.4 Å². The summed E-state index contributed by atoms with van der Waals surface area (Å²) in [5.74, 6) is 0.339. The SMILES string of the molecule is Cc1cccc(-c2ccccc2)c1C(=O)N(CCNC(=O)c1nn(C)c2ccccc12)CC1CC1. The van der Waals surface area contributed by atoms with Gasteiger partial charge in [-0.3, -0.25) is 14.3 Å². The Kier molecular flexibility index (Phi) is 6.36. The lowest BCUT2D eigenvalue weighted by molar-refractivity contribution is 0.0741. The minimum absolute atomic E-state index is 0.0198. The Balaban J connectivity index is 1.34. The van der Waals surface area contributed by atoms with E-state index >= 15 is 0 Å². The number of benzene rings is 3. The summed E-state index contributed by atoms with van der Waals surface area (Å²) in [5, 5.41) is 8.22. The molecule has 1 aromatic heterocycles. The van der Waals surface area contributed by atoms with Crippen molar-refractivity contribution in [1.82, 2.24) is 20.0 Å². The quantitative estimate of drug-likeness (QED) is 0.404. The molecule has 6 heteroatoms. The van der Waals surface area contributed by atoms with E-state index in [1.807, 2.05) is 91.7 Å². The molecule has 1 fully saturated rings. The number of aromatic nitrogens is 2. The first-order valence-electron chi connectivity index (χ1n) is 12.2. The smallest absolute Gasteiger partial charge is 0.272 e. The number of hydrogen-bond donors (Lipinski definition) is 1. The Hall–Kier alpha value is -3.93. The highest BCUT2D eigenvalue weighted by molar-refractivity contribution is 6.05. The fraction of sp³-hybridized carbons (Fsp3) is 0.276. The maximum Gasteiger partial charge on any atom is 0.272 e. The van der Waals surface area contributed by atoms with Crippen LogP contribution >= 0.6 is 0 Å². The molecule has 1 aliphatic rings. The van der Waals surface area contributed by atoms with Crippen LogP contribution in [0.1, 0.15) is 39.3 Å². The summed E-state index contributed by atoms with van der Waals surface area (Å²) in [6.45, 7) is 3.52. The highest BCUT2D eigenvalue weighted by Crippen LogP contribution is 2.32. The molecule has 35 heavy (non-hydrogen) atoms. The number of nitrogens with one attached hydrogen (secondary N) is 1. The van der Waals surface area contributed by atoms with Crippen LogP contribution in [0.5, 0.6) is 0 Å². The van der Waals surface area contributed by atoms with E-state index in [9.17, 15) is 9.59 Å². The van der Waals surface area contributed by atoms with E-state index in [4.69, 9.17) is 0 Å². The van der Waals surface area contributed by atoms with Gasteiger partial charge in [-0.2, -0.15) is 5.10 Å².